The molecule has 2 aromatic rings. The molecule has 0 fully saturated rings. The maximum absolute atomic E-state index is 12.2. The Morgan fingerprint density at radius 2 is 1.23 bits per heavy atom. The van der Waals surface area contributed by atoms with E-state index in [4.69, 9.17) is 9.47 Å². The van der Waals surface area contributed by atoms with Crippen molar-refractivity contribution in [2.45, 2.75) is 27.7 Å². The van der Waals surface area contributed by atoms with Crippen LogP contribution in [0.3, 0.4) is 0 Å². The average Bonchev–Trinajstić information content (AvgIpc) is 2.59. The lowest BCUT2D eigenvalue weighted by atomic mass is 10.2. The second kappa shape index (κ2) is 9.70. The summed E-state index contributed by atoms with van der Waals surface area (Å²) >= 11 is 0. The minimum atomic E-state index is -0.313. The van der Waals surface area contributed by atoms with Crippen molar-refractivity contribution >= 4 is 17.4 Å². The molecule has 26 heavy (non-hydrogen) atoms. The van der Waals surface area contributed by atoms with Crippen LogP contribution in [0.2, 0.25) is 0 Å². The third kappa shape index (κ3) is 7.05. The van der Waals surface area contributed by atoms with Crippen LogP contribution >= 0.6 is 0 Å². The van der Waals surface area contributed by atoms with E-state index in [-0.39, 0.29) is 6.03 Å². The van der Waals surface area contributed by atoms with Gasteiger partial charge >= 0.3 is 6.03 Å². The summed E-state index contributed by atoms with van der Waals surface area (Å²) in [5.41, 5.74) is 1.35. The van der Waals surface area contributed by atoms with Crippen LogP contribution in [0.1, 0.15) is 27.7 Å². The van der Waals surface area contributed by atoms with Gasteiger partial charge in [0.1, 0.15) is 11.5 Å². The second-order valence-electron chi connectivity index (χ2n) is 7.04. The van der Waals surface area contributed by atoms with E-state index in [0.29, 0.717) is 36.4 Å². The Labute approximate surface area is 155 Å². The molecule has 5 nitrogen and oxygen atoms in total. The molecule has 0 unspecified atom stereocenters. The summed E-state index contributed by atoms with van der Waals surface area (Å²) in [6.45, 7) is 9.64. The highest BCUT2D eigenvalue weighted by Gasteiger charge is 2.06. The first-order chi connectivity index (χ1) is 12.4. The first-order valence-electron chi connectivity index (χ1n) is 8.96. The van der Waals surface area contributed by atoms with E-state index in [0.717, 1.165) is 11.5 Å². The molecule has 0 aliphatic heterocycles. The summed E-state index contributed by atoms with van der Waals surface area (Å²) in [4.78, 5) is 12.2. The van der Waals surface area contributed by atoms with Crippen LogP contribution in [0.15, 0.2) is 48.5 Å². The Bertz CT molecular complexity index is 654. The molecule has 2 amide bonds. The average molecular weight is 356 g/mol. The highest BCUT2D eigenvalue weighted by atomic mass is 16.5. The van der Waals surface area contributed by atoms with E-state index >= 15 is 0 Å². The Morgan fingerprint density at radius 1 is 0.808 bits per heavy atom. The number of nitrogens with one attached hydrogen (secondary N) is 2. The van der Waals surface area contributed by atoms with Crippen LogP contribution in [-0.4, -0.2) is 19.2 Å². The molecule has 5 heteroatoms. The predicted molar refractivity (Wildman–Crippen MR) is 106 cm³/mol. The Hall–Kier alpha value is -2.69. The van der Waals surface area contributed by atoms with Gasteiger partial charge in [0.05, 0.1) is 13.2 Å². The lowest BCUT2D eigenvalue weighted by Gasteiger charge is -2.12. The maximum Gasteiger partial charge on any atom is 0.323 e. The Morgan fingerprint density at radius 3 is 1.62 bits per heavy atom. The van der Waals surface area contributed by atoms with Gasteiger partial charge in [-0.3, -0.25) is 0 Å². The predicted octanol–water partition coefficient (Wildman–Crippen LogP) is 5.40. The number of hydrogen-bond acceptors (Lipinski definition) is 3. The fourth-order valence-electron chi connectivity index (χ4n) is 2.15. The molecule has 2 aromatic carbocycles. The van der Waals surface area contributed by atoms with Crippen molar-refractivity contribution in [2.75, 3.05) is 23.8 Å². The zero-order valence-corrected chi connectivity index (χ0v) is 15.9. The summed E-state index contributed by atoms with van der Waals surface area (Å²) in [5.74, 6) is 2.36. The molecule has 0 radical (unpaired) electrons. The monoisotopic (exact) mass is 356 g/mol. The zero-order chi connectivity index (χ0) is 18.9. The second-order valence-corrected chi connectivity index (χ2v) is 7.04. The van der Waals surface area contributed by atoms with Crippen molar-refractivity contribution in [3.63, 3.8) is 0 Å². The summed E-state index contributed by atoms with van der Waals surface area (Å²) < 4.78 is 11.4. The summed E-state index contributed by atoms with van der Waals surface area (Å²) in [7, 11) is 0. The molecule has 0 aliphatic carbocycles. The van der Waals surface area contributed by atoms with Crippen molar-refractivity contribution in [1.29, 1.82) is 0 Å². The topological polar surface area (TPSA) is 59.6 Å². The molecule has 2 rings (SSSR count). The van der Waals surface area contributed by atoms with Crippen molar-refractivity contribution in [1.82, 2.24) is 0 Å². The normalized spacial score (nSPS) is 10.7. The molecule has 0 aromatic heterocycles. The van der Waals surface area contributed by atoms with Gasteiger partial charge in [-0.2, -0.15) is 0 Å². The van der Waals surface area contributed by atoms with Crippen molar-refractivity contribution in [2.24, 2.45) is 11.8 Å². The lowest BCUT2D eigenvalue weighted by Crippen LogP contribution is -2.19. The smallest absolute Gasteiger partial charge is 0.323 e. The molecule has 0 aliphatic rings. The van der Waals surface area contributed by atoms with Gasteiger partial charge in [0.25, 0.3) is 0 Å². The van der Waals surface area contributed by atoms with Gasteiger partial charge < -0.3 is 20.1 Å². The third-order valence-electron chi connectivity index (χ3n) is 3.35. The van der Waals surface area contributed by atoms with Gasteiger partial charge in [-0.05, 0) is 36.1 Å². The van der Waals surface area contributed by atoms with Crippen molar-refractivity contribution in [3.05, 3.63) is 48.5 Å². The molecular weight excluding hydrogens is 328 g/mol. The minimum Gasteiger partial charge on any atom is -0.493 e. The van der Waals surface area contributed by atoms with Gasteiger partial charge in [-0.1, -0.05) is 39.8 Å². The summed E-state index contributed by atoms with van der Waals surface area (Å²) in [5, 5.41) is 5.63. The molecule has 0 bridgehead atoms. The molecular formula is C21H28N2O3. The Balaban J connectivity index is 1.92. The Kier molecular flexibility index (Phi) is 7.33. The maximum atomic E-state index is 12.2. The number of carbonyl (C=O) groups excluding carboxylic acids is 1. The van der Waals surface area contributed by atoms with Gasteiger partial charge in [0.15, 0.2) is 0 Å². The molecule has 0 atom stereocenters. The van der Waals surface area contributed by atoms with Gasteiger partial charge in [-0.25, -0.2) is 4.79 Å². The largest absolute Gasteiger partial charge is 0.493 e. The third-order valence-corrected chi connectivity index (χ3v) is 3.35. The zero-order valence-electron chi connectivity index (χ0n) is 15.9. The van der Waals surface area contributed by atoms with E-state index in [1.54, 1.807) is 0 Å². The number of benzene rings is 2. The van der Waals surface area contributed by atoms with E-state index in [1.807, 2.05) is 48.5 Å². The number of carbonyl (C=O) groups is 1. The summed E-state index contributed by atoms with van der Waals surface area (Å²) in [6, 6.07) is 14.4. The number of hydrogen-bond donors (Lipinski definition) is 2. The molecule has 0 spiro atoms. The van der Waals surface area contributed by atoms with Gasteiger partial charge in [-0.15, -0.1) is 0 Å². The standard InChI is InChI=1S/C21H28N2O3/c1-15(2)13-25-19-9-5-7-17(11-19)22-21(24)23-18-8-6-10-20(12-18)26-14-16(3)4/h5-12,15-16H,13-14H2,1-4H3,(H2,22,23,24). The van der Waals surface area contributed by atoms with Crippen molar-refractivity contribution < 1.29 is 14.3 Å². The number of urea groups is 1. The van der Waals surface area contributed by atoms with Gasteiger partial charge in [0, 0.05) is 23.5 Å². The van der Waals surface area contributed by atoms with Crippen LogP contribution in [0, 0.1) is 11.8 Å². The lowest BCUT2D eigenvalue weighted by molar-refractivity contribution is 0.262. The number of amides is 2. The molecule has 140 valence electrons. The fraction of sp³-hybridized carbons (Fsp3) is 0.381. The van der Waals surface area contributed by atoms with E-state index in [2.05, 4.69) is 38.3 Å². The van der Waals surface area contributed by atoms with Gasteiger partial charge in [0.2, 0.25) is 0 Å². The van der Waals surface area contributed by atoms with E-state index in [9.17, 15) is 4.79 Å². The molecule has 0 saturated heterocycles. The van der Waals surface area contributed by atoms with Crippen molar-refractivity contribution in [3.8, 4) is 11.5 Å². The highest BCUT2D eigenvalue weighted by molar-refractivity contribution is 5.99. The highest BCUT2D eigenvalue weighted by Crippen LogP contribution is 2.20. The molecule has 0 saturated carbocycles. The summed E-state index contributed by atoms with van der Waals surface area (Å²) in [6.07, 6.45) is 0. The fourth-order valence-corrected chi connectivity index (χ4v) is 2.15. The van der Waals surface area contributed by atoms with Crippen LogP contribution in [0.4, 0.5) is 16.2 Å². The number of ether oxygens (including phenoxy) is 2. The number of anilines is 2. The first kappa shape index (κ1) is 19.6. The van der Waals surface area contributed by atoms with E-state index < -0.39 is 0 Å². The van der Waals surface area contributed by atoms with Crippen LogP contribution in [0.25, 0.3) is 0 Å². The number of rotatable bonds is 8. The van der Waals surface area contributed by atoms with Crippen LogP contribution in [-0.2, 0) is 0 Å². The molecule has 2 N–H and O–H groups in total. The quantitative estimate of drug-likeness (QED) is 0.666. The minimum absolute atomic E-state index is 0.313. The molecule has 0 heterocycles. The first-order valence-corrected chi connectivity index (χ1v) is 8.96. The van der Waals surface area contributed by atoms with Crippen LogP contribution in [0.5, 0.6) is 11.5 Å². The van der Waals surface area contributed by atoms with Crippen LogP contribution < -0.4 is 20.1 Å². The SMILES string of the molecule is CC(C)COc1cccc(NC(=O)Nc2cccc(OCC(C)C)c2)c1. The van der Waals surface area contributed by atoms with E-state index in [1.165, 1.54) is 0 Å².